The van der Waals surface area contributed by atoms with Crippen LogP contribution in [0.4, 0.5) is 11.4 Å². The second-order valence-corrected chi connectivity index (χ2v) is 4.47. The van der Waals surface area contributed by atoms with Crippen molar-refractivity contribution in [2.45, 2.75) is 26.7 Å². The summed E-state index contributed by atoms with van der Waals surface area (Å²) in [5, 5.41) is 13.7. The van der Waals surface area contributed by atoms with Crippen molar-refractivity contribution >= 4 is 17.3 Å². The number of rotatable bonds is 4. The Morgan fingerprint density at radius 3 is 2.89 bits per heavy atom. The maximum absolute atomic E-state index is 12.1. The minimum Gasteiger partial charge on any atom is -0.395 e. The quantitative estimate of drug-likeness (QED) is 0.771. The van der Waals surface area contributed by atoms with Gasteiger partial charge < -0.3 is 11.1 Å². The monoisotopic (exact) mass is 262 g/mol. The van der Waals surface area contributed by atoms with Crippen LogP contribution in [0.15, 0.2) is 6.20 Å². The molecule has 0 aliphatic rings. The zero-order valence-electron chi connectivity index (χ0n) is 11.3. The Balaban J connectivity index is 2.18. The summed E-state index contributed by atoms with van der Waals surface area (Å²) in [5.74, 6) is -0.327. The number of aromatic amines is 1. The summed E-state index contributed by atoms with van der Waals surface area (Å²) < 4.78 is 1.64. The average molecular weight is 262 g/mol. The van der Waals surface area contributed by atoms with Crippen molar-refractivity contribution in [3.05, 3.63) is 23.3 Å². The molecule has 2 heterocycles. The molecular formula is C12H18N6O. The van der Waals surface area contributed by atoms with E-state index in [9.17, 15) is 4.79 Å². The number of hydrogen-bond acceptors (Lipinski definition) is 4. The number of anilines is 2. The van der Waals surface area contributed by atoms with Gasteiger partial charge in [0.25, 0.3) is 5.91 Å². The molecule has 2 rings (SSSR count). The highest BCUT2D eigenvalue weighted by Crippen LogP contribution is 2.18. The lowest BCUT2D eigenvalue weighted by atomic mass is 10.2. The number of nitrogens with zero attached hydrogens (tertiary/aromatic N) is 3. The summed E-state index contributed by atoms with van der Waals surface area (Å²) in [5.41, 5.74) is 8.77. The summed E-state index contributed by atoms with van der Waals surface area (Å²) in [7, 11) is 1.80. The van der Waals surface area contributed by atoms with Crippen LogP contribution in [0.2, 0.25) is 0 Å². The highest BCUT2D eigenvalue weighted by atomic mass is 16.2. The van der Waals surface area contributed by atoms with Crippen LogP contribution < -0.4 is 11.1 Å². The number of aryl methyl sites for hydroxylation is 3. The third-order valence-electron chi connectivity index (χ3n) is 2.86. The summed E-state index contributed by atoms with van der Waals surface area (Å²) in [6.45, 7) is 3.87. The first kappa shape index (κ1) is 13.1. The molecule has 7 heteroatoms. The van der Waals surface area contributed by atoms with E-state index in [2.05, 4.69) is 20.6 Å². The molecule has 2 aromatic rings. The topological polar surface area (TPSA) is 102 Å². The van der Waals surface area contributed by atoms with Gasteiger partial charge in [0.1, 0.15) is 0 Å². The molecule has 0 aromatic carbocycles. The number of aromatic nitrogens is 4. The third-order valence-corrected chi connectivity index (χ3v) is 2.86. The Kier molecular flexibility index (Phi) is 3.55. The summed E-state index contributed by atoms with van der Waals surface area (Å²) in [6.07, 6.45) is 3.45. The first-order valence-electron chi connectivity index (χ1n) is 6.17. The van der Waals surface area contributed by atoms with E-state index in [1.807, 2.05) is 13.8 Å². The molecule has 0 saturated carbocycles. The summed E-state index contributed by atoms with van der Waals surface area (Å²) >= 11 is 0. The number of nitrogen functional groups attached to an aromatic ring is 1. The molecule has 0 saturated heterocycles. The Labute approximate surface area is 111 Å². The SMILES string of the molecule is CCCc1[nH]nc(C(=O)Nc2cn(C)nc2C)c1N. The van der Waals surface area contributed by atoms with Crippen LogP contribution in [0.1, 0.15) is 35.2 Å². The highest BCUT2D eigenvalue weighted by Gasteiger charge is 2.18. The smallest absolute Gasteiger partial charge is 0.278 e. The van der Waals surface area contributed by atoms with E-state index < -0.39 is 0 Å². The second kappa shape index (κ2) is 5.13. The van der Waals surface area contributed by atoms with Gasteiger partial charge in [-0.05, 0) is 13.3 Å². The van der Waals surface area contributed by atoms with Crippen LogP contribution in [0.3, 0.4) is 0 Å². The number of nitrogens with one attached hydrogen (secondary N) is 2. The van der Waals surface area contributed by atoms with Gasteiger partial charge in [-0.3, -0.25) is 14.6 Å². The van der Waals surface area contributed by atoms with Crippen molar-refractivity contribution in [2.24, 2.45) is 7.05 Å². The molecule has 7 nitrogen and oxygen atoms in total. The molecular weight excluding hydrogens is 244 g/mol. The lowest BCUT2D eigenvalue weighted by molar-refractivity contribution is 0.102. The van der Waals surface area contributed by atoms with Crippen LogP contribution in [-0.4, -0.2) is 25.9 Å². The number of amides is 1. The normalized spacial score (nSPS) is 10.7. The van der Waals surface area contributed by atoms with Crippen LogP contribution in [-0.2, 0) is 13.5 Å². The minimum absolute atomic E-state index is 0.228. The van der Waals surface area contributed by atoms with Gasteiger partial charge in [0.2, 0.25) is 0 Å². The van der Waals surface area contributed by atoms with Crippen molar-refractivity contribution in [1.29, 1.82) is 0 Å². The number of carbonyl (C=O) groups is 1. The van der Waals surface area contributed by atoms with Crippen LogP contribution in [0.25, 0.3) is 0 Å². The number of carbonyl (C=O) groups excluding carboxylic acids is 1. The molecule has 0 bridgehead atoms. The van der Waals surface area contributed by atoms with Gasteiger partial charge in [-0.1, -0.05) is 13.3 Å². The van der Waals surface area contributed by atoms with Gasteiger partial charge in [0.15, 0.2) is 5.69 Å². The first-order chi connectivity index (χ1) is 9.02. The molecule has 102 valence electrons. The molecule has 0 fully saturated rings. The molecule has 0 unspecified atom stereocenters. The molecule has 0 spiro atoms. The first-order valence-corrected chi connectivity index (χ1v) is 6.17. The number of H-pyrrole nitrogens is 1. The van der Waals surface area contributed by atoms with Gasteiger partial charge in [0.05, 0.1) is 22.8 Å². The maximum Gasteiger partial charge on any atom is 0.278 e. The van der Waals surface area contributed by atoms with E-state index in [-0.39, 0.29) is 11.6 Å². The molecule has 4 N–H and O–H groups in total. The summed E-state index contributed by atoms with van der Waals surface area (Å²) in [4.78, 5) is 12.1. The summed E-state index contributed by atoms with van der Waals surface area (Å²) in [6, 6.07) is 0. The van der Waals surface area contributed by atoms with Gasteiger partial charge in [-0.15, -0.1) is 0 Å². The average Bonchev–Trinajstić information content (AvgIpc) is 2.84. The van der Waals surface area contributed by atoms with Gasteiger partial charge in [0, 0.05) is 13.2 Å². The fraction of sp³-hybridized carbons (Fsp3) is 0.417. The van der Waals surface area contributed by atoms with Crippen molar-refractivity contribution in [2.75, 3.05) is 11.1 Å². The Bertz CT molecular complexity index is 597. The minimum atomic E-state index is -0.327. The van der Waals surface area contributed by atoms with E-state index in [1.54, 1.807) is 17.9 Å². The van der Waals surface area contributed by atoms with E-state index in [0.29, 0.717) is 11.4 Å². The van der Waals surface area contributed by atoms with Crippen LogP contribution in [0.5, 0.6) is 0 Å². The van der Waals surface area contributed by atoms with Crippen LogP contribution >= 0.6 is 0 Å². The van der Waals surface area contributed by atoms with Gasteiger partial charge in [-0.2, -0.15) is 10.2 Å². The Hall–Kier alpha value is -2.31. The number of hydrogen-bond donors (Lipinski definition) is 3. The predicted molar refractivity (Wildman–Crippen MR) is 72.9 cm³/mol. The molecule has 0 radical (unpaired) electrons. The standard InChI is InChI=1S/C12H18N6O/c1-4-5-8-10(13)11(16-15-8)12(19)14-9-6-18(3)17-7(9)2/h6H,4-5,13H2,1-3H3,(H,14,19)(H,15,16). The van der Waals surface area contributed by atoms with E-state index in [4.69, 9.17) is 5.73 Å². The fourth-order valence-electron chi connectivity index (χ4n) is 1.90. The van der Waals surface area contributed by atoms with E-state index >= 15 is 0 Å². The zero-order valence-corrected chi connectivity index (χ0v) is 11.3. The fourth-order valence-corrected chi connectivity index (χ4v) is 1.90. The Morgan fingerprint density at radius 1 is 1.58 bits per heavy atom. The largest absolute Gasteiger partial charge is 0.395 e. The van der Waals surface area contributed by atoms with E-state index in [1.165, 1.54) is 0 Å². The molecule has 2 aromatic heterocycles. The molecule has 0 aliphatic heterocycles. The van der Waals surface area contributed by atoms with E-state index in [0.717, 1.165) is 24.2 Å². The maximum atomic E-state index is 12.1. The van der Waals surface area contributed by atoms with Gasteiger partial charge in [-0.25, -0.2) is 0 Å². The second-order valence-electron chi connectivity index (χ2n) is 4.47. The molecule has 0 atom stereocenters. The highest BCUT2D eigenvalue weighted by molar-refractivity contribution is 6.06. The lowest BCUT2D eigenvalue weighted by Crippen LogP contribution is -2.14. The van der Waals surface area contributed by atoms with Crippen LogP contribution in [0, 0.1) is 6.92 Å². The molecule has 19 heavy (non-hydrogen) atoms. The van der Waals surface area contributed by atoms with Crippen molar-refractivity contribution in [1.82, 2.24) is 20.0 Å². The predicted octanol–water partition coefficient (Wildman–Crippen LogP) is 1.24. The van der Waals surface area contributed by atoms with Gasteiger partial charge >= 0.3 is 0 Å². The Morgan fingerprint density at radius 2 is 2.32 bits per heavy atom. The lowest BCUT2D eigenvalue weighted by Gasteiger charge is -2.02. The number of nitrogens with two attached hydrogens (primary N) is 1. The zero-order chi connectivity index (χ0) is 14.0. The molecule has 0 aliphatic carbocycles. The van der Waals surface area contributed by atoms with Crippen molar-refractivity contribution in [3.63, 3.8) is 0 Å². The van der Waals surface area contributed by atoms with Crippen molar-refractivity contribution < 1.29 is 4.79 Å². The third kappa shape index (κ3) is 2.59. The van der Waals surface area contributed by atoms with Crippen molar-refractivity contribution in [3.8, 4) is 0 Å². The molecule has 1 amide bonds.